The van der Waals surface area contributed by atoms with Gasteiger partial charge in [-0.25, -0.2) is 9.50 Å². The highest BCUT2D eigenvalue weighted by Crippen LogP contribution is 2.22. The van der Waals surface area contributed by atoms with Crippen LogP contribution in [0.3, 0.4) is 0 Å². The third-order valence-electron chi connectivity index (χ3n) is 3.56. The van der Waals surface area contributed by atoms with Crippen LogP contribution in [-0.4, -0.2) is 20.5 Å². The lowest BCUT2D eigenvalue weighted by Gasteiger charge is -2.13. The van der Waals surface area contributed by atoms with Crippen LogP contribution in [0.2, 0.25) is 0 Å². The summed E-state index contributed by atoms with van der Waals surface area (Å²) in [5.41, 5.74) is 2.72. The Morgan fingerprint density at radius 3 is 2.78 bits per heavy atom. The molecule has 0 radical (unpaired) electrons. The van der Waals surface area contributed by atoms with Gasteiger partial charge in [0.05, 0.1) is 18.5 Å². The molecule has 0 saturated heterocycles. The number of aryl methyl sites for hydroxylation is 1. The molecule has 23 heavy (non-hydrogen) atoms. The summed E-state index contributed by atoms with van der Waals surface area (Å²) in [5, 5.41) is 7.41. The zero-order chi connectivity index (χ0) is 16.6. The van der Waals surface area contributed by atoms with Gasteiger partial charge in [-0.15, -0.1) is 0 Å². The molecule has 0 atom stereocenters. The average molecular weight is 312 g/mol. The van der Waals surface area contributed by atoms with Crippen molar-refractivity contribution in [2.24, 2.45) is 0 Å². The lowest BCUT2D eigenvalue weighted by molar-refractivity contribution is 0.0940. The predicted molar refractivity (Wildman–Crippen MR) is 86.3 cm³/mol. The third kappa shape index (κ3) is 3.11. The van der Waals surface area contributed by atoms with E-state index < -0.39 is 0 Å². The number of fused-ring (bicyclic) bond motifs is 1. The first kappa shape index (κ1) is 15.3. The molecule has 0 unspecified atom stereocenters. The Labute approximate surface area is 134 Å². The van der Waals surface area contributed by atoms with E-state index in [1.165, 1.54) is 0 Å². The van der Waals surface area contributed by atoms with E-state index >= 15 is 0 Å². The van der Waals surface area contributed by atoms with Crippen LogP contribution in [-0.2, 0) is 12.0 Å². The molecule has 0 fully saturated rings. The highest BCUT2D eigenvalue weighted by Gasteiger charge is 2.21. The molecule has 0 aliphatic rings. The van der Waals surface area contributed by atoms with Gasteiger partial charge in [-0.3, -0.25) is 4.79 Å². The first-order chi connectivity index (χ1) is 10.8. The van der Waals surface area contributed by atoms with Crippen molar-refractivity contribution < 1.29 is 9.21 Å². The molecule has 0 aromatic carbocycles. The second-order valence-electron chi connectivity index (χ2n) is 6.59. The quantitative estimate of drug-likeness (QED) is 0.807. The monoisotopic (exact) mass is 312 g/mol. The van der Waals surface area contributed by atoms with Gasteiger partial charge in [0.2, 0.25) is 0 Å². The Balaban J connectivity index is 1.95. The number of amides is 1. The van der Waals surface area contributed by atoms with E-state index in [4.69, 9.17) is 4.42 Å². The van der Waals surface area contributed by atoms with E-state index in [0.717, 1.165) is 11.4 Å². The highest BCUT2D eigenvalue weighted by molar-refractivity contribution is 5.93. The zero-order valence-electron chi connectivity index (χ0n) is 13.8. The number of aromatic nitrogens is 3. The van der Waals surface area contributed by atoms with E-state index in [2.05, 4.69) is 36.2 Å². The summed E-state index contributed by atoms with van der Waals surface area (Å²) in [6, 6.07) is 7.28. The van der Waals surface area contributed by atoms with Crippen LogP contribution in [0.1, 0.15) is 48.4 Å². The van der Waals surface area contributed by atoms with Gasteiger partial charge >= 0.3 is 0 Å². The Morgan fingerprint density at radius 2 is 2.13 bits per heavy atom. The number of carbonyl (C=O) groups is 1. The number of hydrogen-bond acceptors (Lipinski definition) is 4. The molecular weight excluding hydrogens is 292 g/mol. The minimum Gasteiger partial charge on any atom is -0.467 e. The second-order valence-corrected chi connectivity index (χ2v) is 6.59. The molecule has 0 saturated carbocycles. The maximum Gasteiger partial charge on any atom is 0.270 e. The molecule has 6 nitrogen and oxygen atoms in total. The summed E-state index contributed by atoms with van der Waals surface area (Å²) >= 11 is 0. The van der Waals surface area contributed by atoms with Crippen molar-refractivity contribution in [3.05, 3.63) is 53.4 Å². The van der Waals surface area contributed by atoms with Crippen molar-refractivity contribution in [1.82, 2.24) is 19.9 Å². The first-order valence-corrected chi connectivity index (χ1v) is 7.53. The van der Waals surface area contributed by atoms with Crippen molar-refractivity contribution in [2.75, 3.05) is 0 Å². The second kappa shape index (κ2) is 5.53. The molecule has 120 valence electrons. The molecule has 3 aromatic rings. The van der Waals surface area contributed by atoms with Gasteiger partial charge in [-0.1, -0.05) is 20.8 Å². The average Bonchev–Trinajstić information content (AvgIpc) is 3.11. The largest absolute Gasteiger partial charge is 0.467 e. The van der Waals surface area contributed by atoms with E-state index in [1.807, 2.05) is 19.1 Å². The minimum atomic E-state index is -0.208. The van der Waals surface area contributed by atoms with Crippen LogP contribution in [0.25, 0.3) is 5.65 Å². The number of rotatable bonds is 3. The van der Waals surface area contributed by atoms with Gasteiger partial charge < -0.3 is 9.73 Å². The summed E-state index contributed by atoms with van der Waals surface area (Å²) in [7, 11) is 0. The number of furan rings is 1. The molecule has 0 aliphatic heterocycles. The van der Waals surface area contributed by atoms with Gasteiger partial charge in [0, 0.05) is 17.2 Å². The van der Waals surface area contributed by atoms with Crippen LogP contribution >= 0.6 is 0 Å². The summed E-state index contributed by atoms with van der Waals surface area (Å²) < 4.78 is 6.83. The van der Waals surface area contributed by atoms with E-state index in [1.54, 1.807) is 22.9 Å². The van der Waals surface area contributed by atoms with Crippen molar-refractivity contribution in [1.29, 1.82) is 0 Å². The smallest absolute Gasteiger partial charge is 0.270 e. The molecule has 3 aromatic heterocycles. The molecule has 0 aliphatic carbocycles. The van der Waals surface area contributed by atoms with Crippen molar-refractivity contribution in [3.63, 3.8) is 0 Å². The molecular formula is C17H20N4O2. The lowest BCUT2D eigenvalue weighted by atomic mass is 9.93. The van der Waals surface area contributed by atoms with E-state index in [-0.39, 0.29) is 11.3 Å². The fourth-order valence-corrected chi connectivity index (χ4v) is 2.30. The summed E-state index contributed by atoms with van der Waals surface area (Å²) in [6.45, 7) is 8.45. The maximum atomic E-state index is 12.5. The molecule has 1 N–H and O–H groups in total. The fourth-order valence-electron chi connectivity index (χ4n) is 2.30. The van der Waals surface area contributed by atoms with Gasteiger partial charge in [0.15, 0.2) is 5.65 Å². The van der Waals surface area contributed by atoms with E-state index in [0.29, 0.717) is 23.6 Å². The Hall–Kier alpha value is -2.63. The normalized spacial score (nSPS) is 11.8. The summed E-state index contributed by atoms with van der Waals surface area (Å²) in [6.07, 6.45) is 1.58. The number of nitrogens with zero attached hydrogens (tertiary/aromatic N) is 3. The van der Waals surface area contributed by atoms with Crippen LogP contribution < -0.4 is 5.32 Å². The standard InChI is InChI=1S/C17H20N4O2/c1-11-8-13(16(22)18-10-12-6-5-7-23-12)21-15(19-11)9-14(20-21)17(2,3)4/h5-9H,10H2,1-4H3,(H,18,22). The van der Waals surface area contributed by atoms with Crippen molar-refractivity contribution in [2.45, 2.75) is 39.7 Å². The van der Waals surface area contributed by atoms with E-state index in [9.17, 15) is 4.79 Å². The van der Waals surface area contributed by atoms with Crippen molar-refractivity contribution >= 4 is 11.6 Å². The number of nitrogens with one attached hydrogen (secondary N) is 1. The maximum absolute atomic E-state index is 12.5. The summed E-state index contributed by atoms with van der Waals surface area (Å²) in [5.74, 6) is 0.497. The zero-order valence-corrected chi connectivity index (χ0v) is 13.8. The number of hydrogen-bond donors (Lipinski definition) is 1. The predicted octanol–water partition coefficient (Wildman–Crippen LogP) is 2.86. The Kier molecular flexibility index (Phi) is 3.67. The molecule has 3 rings (SSSR count). The van der Waals surface area contributed by atoms with Crippen LogP contribution in [0, 0.1) is 6.92 Å². The van der Waals surface area contributed by atoms with Gasteiger partial charge in [0.25, 0.3) is 5.91 Å². The number of carbonyl (C=O) groups excluding carboxylic acids is 1. The van der Waals surface area contributed by atoms with Gasteiger partial charge in [-0.2, -0.15) is 5.10 Å². The molecule has 3 heterocycles. The molecule has 0 bridgehead atoms. The lowest BCUT2D eigenvalue weighted by Crippen LogP contribution is -2.25. The van der Waals surface area contributed by atoms with Gasteiger partial charge in [-0.05, 0) is 25.1 Å². The topological polar surface area (TPSA) is 72.4 Å². The van der Waals surface area contributed by atoms with Gasteiger partial charge in [0.1, 0.15) is 11.5 Å². The highest BCUT2D eigenvalue weighted by atomic mass is 16.3. The van der Waals surface area contributed by atoms with Crippen LogP contribution in [0.5, 0.6) is 0 Å². The minimum absolute atomic E-state index is 0.108. The SMILES string of the molecule is Cc1cc(C(=O)NCc2ccco2)n2nc(C(C)(C)C)cc2n1. The first-order valence-electron chi connectivity index (χ1n) is 7.53. The van der Waals surface area contributed by atoms with Crippen LogP contribution in [0.15, 0.2) is 34.9 Å². The fraction of sp³-hybridized carbons (Fsp3) is 0.353. The molecule has 0 spiro atoms. The molecule has 1 amide bonds. The Morgan fingerprint density at radius 1 is 1.35 bits per heavy atom. The summed E-state index contributed by atoms with van der Waals surface area (Å²) in [4.78, 5) is 17.0. The third-order valence-corrected chi connectivity index (χ3v) is 3.56. The Bertz CT molecular complexity index is 841. The molecule has 6 heteroatoms. The van der Waals surface area contributed by atoms with Crippen LogP contribution in [0.4, 0.5) is 0 Å². The van der Waals surface area contributed by atoms with Crippen molar-refractivity contribution in [3.8, 4) is 0 Å².